The second-order valence-electron chi connectivity index (χ2n) is 16.7. The molecule has 0 amide bonds. The average molecular weight is 814 g/mol. The van der Waals surface area contributed by atoms with Crippen LogP contribution in [0, 0.1) is 17.8 Å². The van der Waals surface area contributed by atoms with Gasteiger partial charge in [0.05, 0.1) is 29.0 Å². The minimum atomic E-state index is -3.16. The van der Waals surface area contributed by atoms with Gasteiger partial charge in [0, 0.05) is 42.5 Å². The molecular weight excluding hydrogens is 753 g/mol. The van der Waals surface area contributed by atoms with E-state index in [1.54, 1.807) is 33.9 Å². The number of nitrogens with zero attached hydrogens (tertiary/aromatic N) is 3. The number of alkyl halides is 1. The van der Waals surface area contributed by atoms with E-state index in [0.717, 1.165) is 23.4 Å². The van der Waals surface area contributed by atoms with Gasteiger partial charge in [-0.05, 0) is 90.9 Å². The molecular formula is C43H60FN3O11. The predicted octanol–water partition coefficient (Wildman–Crippen LogP) is 6.06. The summed E-state index contributed by atoms with van der Waals surface area (Å²) >= 11 is 0. The number of hydrogen-bond donors (Lipinski definition) is 1. The molecule has 58 heavy (non-hydrogen) atoms. The number of hydrogen-bond acceptors (Lipinski definition) is 14. The molecule has 2 aromatic rings. The number of likely N-dealkylation sites (N-methyl/N-ethyl adjacent to an activating group) is 1. The molecule has 1 N–H and O–H groups in total. The molecule has 3 fully saturated rings. The number of Topliss-reactive ketones (excluding diaryl/α,β-unsaturated/α-hetero) is 1. The first-order valence-electron chi connectivity index (χ1n) is 20.0. The molecule has 3 aliphatic heterocycles. The number of oxime groups is 1. The van der Waals surface area contributed by atoms with E-state index in [2.05, 4.69) is 10.1 Å². The highest BCUT2D eigenvalue weighted by molar-refractivity contribution is 6.08. The van der Waals surface area contributed by atoms with Gasteiger partial charge in [-0.25, -0.2) is 14.0 Å². The van der Waals surface area contributed by atoms with Crippen molar-refractivity contribution in [1.82, 2.24) is 9.88 Å². The Labute approximate surface area is 340 Å². The summed E-state index contributed by atoms with van der Waals surface area (Å²) in [4.78, 5) is 53.1. The molecule has 3 saturated heterocycles. The number of aromatic nitrogens is 1. The number of rotatable bonds is 9. The number of carbonyl (C=O) groups excluding carboxylic acids is 3. The quantitative estimate of drug-likeness (QED) is 0.135. The van der Waals surface area contributed by atoms with Crippen LogP contribution in [0.3, 0.4) is 0 Å². The number of methoxy groups -OCH3 is 1. The lowest BCUT2D eigenvalue weighted by molar-refractivity contribution is -0.295. The fourth-order valence-corrected chi connectivity index (χ4v) is 8.77. The monoisotopic (exact) mass is 813 g/mol. The average Bonchev–Trinajstić information content (AvgIpc) is 3.50. The molecule has 1 aromatic heterocycles. The molecule has 4 heterocycles. The van der Waals surface area contributed by atoms with Crippen LogP contribution in [0.5, 0.6) is 0 Å². The third-order valence-corrected chi connectivity index (χ3v) is 12.1. The summed E-state index contributed by atoms with van der Waals surface area (Å²) in [5, 5.41) is 17.1. The SMILES string of the molecule is CC[C@H]1OC(=O)[C@@](C)(F)C(=O)[C@H](C)[C@@H](O[C@@H]2O[C@H](C)C[C@H](N(C)C)[C@H]2O)[C@](C)(OC)C[C@@H](C)/C(=N\OC/C=C/c2ccc3ncccc3c2)[C@H](C)[C@H]2OC(=O)O[C@@]21C. The van der Waals surface area contributed by atoms with Gasteiger partial charge in [-0.15, -0.1) is 0 Å². The van der Waals surface area contributed by atoms with E-state index in [0.29, 0.717) is 12.1 Å². The number of aliphatic hydroxyl groups excluding tert-OH is 1. The number of halogens is 1. The van der Waals surface area contributed by atoms with Crippen LogP contribution in [0.15, 0.2) is 47.8 Å². The maximum absolute atomic E-state index is 16.8. The van der Waals surface area contributed by atoms with Gasteiger partial charge in [-0.2, -0.15) is 0 Å². The van der Waals surface area contributed by atoms with Gasteiger partial charge in [0.1, 0.15) is 18.8 Å². The van der Waals surface area contributed by atoms with Gasteiger partial charge in [0.25, 0.3) is 5.67 Å². The van der Waals surface area contributed by atoms with Crippen molar-refractivity contribution in [3.05, 3.63) is 48.2 Å². The van der Waals surface area contributed by atoms with Crippen LogP contribution >= 0.6 is 0 Å². The molecule has 1 aromatic carbocycles. The number of carbonyl (C=O) groups is 3. The second kappa shape index (κ2) is 18.1. The highest BCUT2D eigenvalue weighted by atomic mass is 19.1. The molecule has 0 spiro atoms. The maximum Gasteiger partial charge on any atom is 0.509 e. The molecule has 0 radical (unpaired) electrons. The topological polar surface area (TPSA) is 165 Å². The summed E-state index contributed by atoms with van der Waals surface area (Å²) in [6.07, 6.45) is -1.12. The highest BCUT2D eigenvalue weighted by Crippen LogP contribution is 2.43. The molecule has 0 saturated carbocycles. The third-order valence-electron chi connectivity index (χ3n) is 12.1. The first-order valence-corrected chi connectivity index (χ1v) is 20.0. The van der Waals surface area contributed by atoms with Crippen molar-refractivity contribution in [2.75, 3.05) is 27.8 Å². The lowest BCUT2D eigenvalue weighted by Gasteiger charge is -2.47. The van der Waals surface area contributed by atoms with Gasteiger partial charge in [0.2, 0.25) is 0 Å². The Morgan fingerprint density at radius 3 is 2.47 bits per heavy atom. The molecule has 320 valence electrons. The summed E-state index contributed by atoms with van der Waals surface area (Å²) < 4.78 is 52.9. The molecule has 3 aliphatic rings. The van der Waals surface area contributed by atoms with Crippen LogP contribution in [0.25, 0.3) is 17.0 Å². The predicted molar refractivity (Wildman–Crippen MR) is 213 cm³/mol. The van der Waals surface area contributed by atoms with E-state index in [-0.39, 0.29) is 31.6 Å². The maximum atomic E-state index is 16.8. The normalized spacial score (nSPS) is 38.7. The van der Waals surface area contributed by atoms with Crippen molar-refractivity contribution < 1.29 is 57.1 Å². The number of cyclic esters (lactones) is 1. The van der Waals surface area contributed by atoms with Crippen LogP contribution in [0.2, 0.25) is 0 Å². The molecule has 0 aliphatic carbocycles. The largest absolute Gasteiger partial charge is 0.509 e. The molecule has 14 nitrogen and oxygen atoms in total. The van der Waals surface area contributed by atoms with E-state index in [1.807, 2.05) is 75.3 Å². The van der Waals surface area contributed by atoms with Gasteiger partial charge in [-0.3, -0.25) is 9.78 Å². The fraction of sp³-hybridized carbons (Fsp3) is 0.651. The summed E-state index contributed by atoms with van der Waals surface area (Å²) in [5.74, 6) is -5.16. The van der Waals surface area contributed by atoms with Crippen molar-refractivity contribution in [1.29, 1.82) is 0 Å². The number of ketones is 1. The van der Waals surface area contributed by atoms with Crippen molar-refractivity contribution in [2.45, 2.75) is 134 Å². The Morgan fingerprint density at radius 1 is 1.07 bits per heavy atom. The Bertz CT molecular complexity index is 1860. The standard InChI is InChI=1S/C43H60FN3O11/c1-12-32-43(8)37(57-40(51)58-43)26(4)33(46-53-20-14-15-28-17-18-30-29(22-28)16-13-19-45-30)24(2)23-41(6,52-11)36(27(5)35(49)42(7,44)39(50)55-32)56-38-34(48)31(47(9)10)21-25(3)54-38/h13-19,22,24-27,31-32,34,36-38,48H,12,20-21,23H2,1-11H3/b15-14+,46-33+/t24-,25-,26+,27+,31+,32-,34-,36-,37-,38+,41-,42+,43-/m1/s1. The molecule has 5 rings (SSSR count). The summed E-state index contributed by atoms with van der Waals surface area (Å²) in [6, 6.07) is 9.41. The molecule has 13 atom stereocenters. The van der Waals surface area contributed by atoms with Crippen molar-refractivity contribution in [2.24, 2.45) is 22.9 Å². The third kappa shape index (κ3) is 9.23. The van der Waals surface area contributed by atoms with Crippen LogP contribution in [-0.2, 0) is 42.8 Å². The summed E-state index contributed by atoms with van der Waals surface area (Å²) in [7, 11) is 5.11. The number of esters is 1. The molecule has 0 bridgehead atoms. The minimum absolute atomic E-state index is 0.0808. The van der Waals surface area contributed by atoms with E-state index in [9.17, 15) is 19.5 Å². The van der Waals surface area contributed by atoms with Gasteiger partial charge in [0.15, 0.2) is 23.8 Å². The Kier molecular flexibility index (Phi) is 14.0. The zero-order valence-electron chi connectivity index (χ0n) is 35.5. The smallest absolute Gasteiger partial charge is 0.455 e. The number of ether oxygens (including phenoxy) is 6. The first-order chi connectivity index (χ1) is 27.3. The number of fused-ring (bicyclic) bond motifs is 2. The van der Waals surface area contributed by atoms with E-state index in [1.165, 1.54) is 14.0 Å². The summed E-state index contributed by atoms with van der Waals surface area (Å²) in [5.41, 5.74) is -3.90. The van der Waals surface area contributed by atoms with Gasteiger partial charge in [-0.1, -0.05) is 51.1 Å². The van der Waals surface area contributed by atoms with Crippen LogP contribution in [0.1, 0.15) is 80.2 Å². The van der Waals surface area contributed by atoms with Crippen LogP contribution in [0.4, 0.5) is 9.18 Å². The van der Waals surface area contributed by atoms with Crippen molar-refractivity contribution >= 4 is 40.6 Å². The second-order valence-corrected chi connectivity index (χ2v) is 16.7. The van der Waals surface area contributed by atoms with E-state index < -0.39 is 83.2 Å². The van der Waals surface area contributed by atoms with Crippen LogP contribution in [-0.4, -0.2) is 126 Å². The lowest BCUT2D eigenvalue weighted by Crippen LogP contribution is -2.61. The van der Waals surface area contributed by atoms with E-state index >= 15 is 4.39 Å². The lowest BCUT2D eigenvalue weighted by atomic mass is 9.73. The molecule has 15 heteroatoms. The van der Waals surface area contributed by atoms with E-state index in [4.69, 9.17) is 33.3 Å². The van der Waals surface area contributed by atoms with Crippen molar-refractivity contribution in [3.63, 3.8) is 0 Å². The number of aliphatic hydroxyl groups is 1. The Hall–Kier alpha value is -4.02. The highest BCUT2D eigenvalue weighted by Gasteiger charge is 2.60. The fourth-order valence-electron chi connectivity index (χ4n) is 8.77. The van der Waals surface area contributed by atoms with Crippen LogP contribution < -0.4 is 0 Å². The van der Waals surface area contributed by atoms with Crippen molar-refractivity contribution in [3.8, 4) is 0 Å². The first kappa shape index (κ1) is 45.1. The zero-order chi connectivity index (χ0) is 42.7. The number of pyridine rings is 1. The Morgan fingerprint density at radius 2 is 1.79 bits per heavy atom. The zero-order valence-corrected chi connectivity index (χ0v) is 35.5. The summed E-state index contributed by atoms with van der Waals surface area (Å²) in [6.45, 7) is 12.9. The van der Waals surface area contributed by atoms with Gasteiger partial charge >= 0.3 is 12.1 Å². The Balaban J connectivity index is 1.56. The van der Waals surface area contributed by atoms with Gasteiger partial charge < -0.3 is 43.3 Å². The minimum Gasteiger partial charge on any atom is -0.455 e. The number of benzene rings is 1. The molecule has 0 unspecified atom stereocenters.